The normalized spacial score (nSPS) is 10.5. The maximum absolute atomic E-state index is 10.7. The number of hydrogen-bond acceptors (Lipinski definition) is 5. The van der Waals surface area contributed by atoms with Crippen LogP contribution in [0.1, 0.15) is 0 Å². The summed E-state index contributed by atoms with van der Waals surface area (Å²) < 4.78 is 5.64. The van der Waals surface area contributed by atoms with Crippen molar-refractivity contribution in [3.05, 3.63) is 64.8 Å². The van der Waals surface area contributed by atoms with Gasteiger partial charge in [-0.2, -0.15) is 0 Å². The van der Waals surface area contributed by atoms with Gasteiger partial charge in [0.1, 0.15) is 5.75 Å². The van der Waals surface area contributed by atoms with Crippen LogP contribution in [0.2, 0.25) is 0 Å². The largest absolute Gasteiger partial charge is 0.454 e. The molecule has 104 valence electrons. The second-order valence-electron chi connectivity index (χ2n) is 4.45. The van der Waals surface area contributed by atoms with Gasteiger partial charge in [-0.3, -0.25) is 15.1 Å². The topological polar surface area (TPSA) is 91.3 Å². The van der Waals surface area contributed by atoms with Crippen LogP contribution < -0.4 is 10.5 Å². The van der Waals surface area contributed by atoms with Crippen molar-refractivity contribution in [2.75, 3.05) is 5.73 Å². The first kappa shape index (κ1) is 12.9. The molecular weight excluding hydrogens is 270 g/mol. The third-order valence-corrected chi connectivity index (χ3v) is 3.00. The lowest BCUT2D eigenvalue weighted by atomic mass is 10.2. The summed E-state index contributed by atoms with van der Waals surface area (Å²) in [6.07, 6.45) is 1.59. The van der Waals surface area contributed by atoms with Crippen LogP contribution in [0.15, 0.2) is 54.7 Å². The van der Waals surface area contributed by atoms with Gasteiger partial charge >= 0.3 is 0 Å². The maximum Gasteiger partial charge on any atom is 0.271 e. The number of nitro benzene ring substituents is 1. The third kappa shape index (κ3) is 2.59. The van der Waals surface area contributed by atoms with Gasteiger partial charge in [0, 0.05) is 17.5 Å². The van der Waals surface area contributed by atoms with Crippen molar-refractivity contribution in [2.45, 2.75) is 0 Å². The molecule has 6 heteroatoms. The van der Waals surface area contributed by atoms with Crippen LogP contribution in [-0.4, -0.2) is 9.91 Å². The van der Waals surface area contributed by atoms with Crippen LogP contribution in [0.4, 0.5) is 11.4 Å². The molecular formula is C15H11N3O3. The molecule has 0 saturated carbocycles. The molecule has 0 aliphatic carbocycles. The molecule has 0 atom stereocenters. The smallest absolute Gasteiger partial charge is 0.271 e. The number of benzene rings is 2. The van der Waals surface area contributed by atoms with Crippen molar-refractivity contribution in [2.24, 2.45) is 0 Å². The van der Waals surface area contributed by atoms with Gasteiger partial charge in [0.05, 0.1) is 22.3 Å². The molecule has 0 saturated heterocycles. The Bertz CT molecular complexity index is 833. The molecule has 1 heterocycles. The molecule has 0 fully saturated rings. The second-order valence-corrected chi connectivity index (χ2v) is 4.45. The minimum Gasteiger partial charge on any atom is -0.454 e. The van der Waals surface area contributed by atoms with Gasteiger partial charge in [-0.25, -0.2) is 0 Å². The number of pyridine rings is 1. The lowest BCUT2D eigenvalue weighted by Gasteiger charge is -2.08. The van der Waals surface area contributed by atoms with E-state index in [-0.39, 0.29) is 11.4 Å². The molecule has 6 nitrogen and oxygen atoms in total. The molecule has 3 aromatic rings. The number of nitro groups is 1. The minimum atomic E-state index is -0.502. The van der Waals surface area contributed by atoms with E-state index < -0.39 is 4.92 Å². The number of fused-ring (bicyclic) bond motifs is 1. The molecule has 0 unspecified atom stereocenters. The lowest BCUT2D eigenvalue weighted by Crippen LogP contribution is -1.95. The van der Waals surface area contributed by atoms with Gasteiger partial charge in [0.2, 0.25) is 0 Å². The highest BCUT2D eigenvalue weighted by Gasteiger charge is 2.10. The first-order chi connectivity index (χ1) is 10.1. The predicted molar refractivity (Wildman–Crippen MR) is 79.3 cm³/mol. The van der Waals surface area contributed by atoms with Crippen LogP contribution in [-0.2, 0) is 0 Å². The lowest BCUT2D eigenvalue weighted by molar-refractivity contribution is -0.384. The quantitative estimate of drug-likeness (QED) is 0.450. The van der Waals surface area contributed by atoms with Crippen molar-refractivity contribution >= 4 is 22.3 Å². The van der Waals surface area contributed by atoms with E-state index in [2.05, 4.69) is 4.98 Å². The first-order valence-corrected chi connectivity index (χ1v) is 6.20. The van der Waals surface area contributed by atoms with Crippen LogP contribution >= 0.6 is 0 Å². The Labute approximate surface area is 119 Å². The van der Waals surface area contributed by atoms with E-state index in [0.29, 0.717) is 11.5 Å². The molecule has 0 amide bonds. The van der Waals surface area contributed by atoms with Crippen LogP contribution in [0.25, 0.3) is 10.9 Å². The Hall–Kier alpha value is -3.15. The average Bonchev–Trinajstić information content (AvgIpc) is 2.49. The summed E-state index contributed by atoms with van der Waals surface area (Å²) in [6, 6.07) is 13.6. The summed E-state index contributed by atoms with van der Waals surface area (Å²) in [7, 11) is 0. The van der Waals surface area contributed by atoms with Crippen molar-refractivity contribution in [3.8, 4) is 11.5 Å². The SMILES string of the molecule is Nc1cc([N+](=O)[O-])ccc1Oc1cnc2ccccc2c1. The molecule has 2 N–H and O–H groups in total. The Balaban J connectivity index is 1.93. The number of nitrogen functional groups attached to an aromatic ring is 1. The summed E-state index contributed by atoms with van der Waals surface area (Å²) in [5.74, 6) is 0.881. The average molecular weight is 281 g/mol. The molecule has 0 bridgehead atoms. The monoisotopic (exact) mass is 281 g/mol. The van der Waals surface area contributed by atoms with Gasteiger partial charge < -0.3 is 10.5 Å². The summed E-state index contributed by atoms with van der Waals surface area (Å²) in [6.45, 7) is 0. The molecule has 2 aromatic carbocycles. The number of anilines is 1. The van der Waals surface area contributed by atoms with E-state index >= 15 is 0 Å². The second kappa shape index (κ2) is 5.09. The predicted octanol–water partition coefficient (Wildman–Crippen LogP) is 3.52. The van der Waals surface area contributed by atoms with E-state index in [1.54, 1.807) is 6.20 Å². The fourth-order valence-electron chi connectivity index (χ4n) is 1.98. The number of hydrogen-bond donors (Lipinski definition) is 1. The molecule has 0 aliphatic rings. The van der Waals surface area contributed by atoms with Crippen LogP contribution in [0.3, 0.4) is 0 Å². The van der Waals surface area contributed by atoms with Gasteiger partial charge in [-0.1, -0.05) is 18.2 Å². The summed E-state index contributed by atoms with van der Waals surface area (Å²) in [5, 5.41) is 11.6. The zero-order valence-corrected chi connectivity index (χ0v) is 10.9. The minimum absolute atomic E-state index is 0.0727. The van der Waals surface area contributed by atoms with Gasteiger partial charge in [0.15, 0.2) is 5.75 Å². The van der Waals surface area contributed by atoms with E-state index in [4.69, 9.17) is 10.5 Å². The fraction of sp³-hybridized carbons (Fsp3) is 0. The van der Waals surface area contributed by atoms with Crippen LogP contribution in [0.5, 0.6) is 11.5 Å². The number of non-ortho nitro benzene ring substituents is 1. The third-order valence-electron chi connectivity index (χ3n) is 3.00. The number of ether oxygens (including phenoxy) is 1. The van der Waals surface area contributed by atoms with Crippen molar-refractivity contribution < 1.29 is 9.66 Å². The first-order valence-electron chi connectivity index (χ1n) is 6.20. The molecule has 3 rings (SSSR count). The van der Waals surface area contributed by atoms with E-state index in [9.17, 15) is 10.1 Å². The van der Waals surface area contributed by atoms with Gasteiger partial charge in [0.25, 0.3) is 5.69 Å². The maximum atomic E-state index is 10.7. The number of aromatic nitrogens is 1. The molecule has 0 aliphatic heterocycles. The number of nitrogens with two attached hydrogens (primary N) is 1. The van der Waals surface area contributed by atoms with Crippen molar-refractivity contribution in [1.29, 1.82) is 0 Å². The highest BCUT2D eigenvalue weighted by atomic mass is 16.6. The zero-order chi connectivity index (χ0) is 14.8. The molecule has 21 heavy (non-hydrogen) atoms. The number of nitrogens with zero attached hydrogens (tertiary/aromatic N) is 2. The van der Waals surface area contributed by atoms with Gasteiger partial charge in [-0.15, -0.1) is 0 Å². The number of para-hydroxylation sites is 1. The highest BCUT2D eigenvalue weighted by molar-refractivity contribution is 5.79. The Morgan fingerprint density at radius 3 is 2.71 bits per heavy atom. The zero-order valence-electron chi connectivity index (χ0n) is 10.9. The fourth-order valence-corrected chi connectivity index (χ4v) is 1.98. The number of rotatable bonds is 3. The molecule has 1 aromatic heterocycles. The molecule has 0 spiro atoms. The molecule has 0 radical (unpaired) electrons. The van der Waals surface area contributed by atoms with E-state index in [1.807, 2.05) is 30.3 Å². The Kier molecular flexibility index (Phi) is 3.12. The van der Waals surface area contributed by atoms with Crippen molar-refractivity contribution in [1.82, 2.24) is 4.98 Å². The summed E-state index contributed by atoms with van der Waals surface area (Å²) >= 11 is 0. The van der Waals surface area contributed by atoms with Gasteiger partial charge in [-0.05, 0) is 18.2 Å². The Morgan fingerprint density at radius 1 is 1.14 bits per heavy atom. The highest BCUT2D eigenvalue weighted by Crippen LogP contribution is 2.31. The summed E-state index contributed by atoms with van der Waals surface area (Å²) in [4.78, 5) is 14.4. The summed E-state index contributed by atoms with van der Waals surface area (Å²) in [5.41, 5.74) is 6.77. The Morgan fingerprint density at radius 2 is 1.95 bits per heavy atom. The van der Waals surface area contributed by atoms with E-state index in [0.717, 1.165) is 10.9 Å². The van der Waals surface area contributed by atoms with Crippen molar-refractivity contribution in [3.63, 3.8) is 0 Å². The standard InChI is InChI=1S/C15H11N3O3/c16-13-8-11(18(19)20)5-6-15(13)21-12-7-10-3-1-2-4-14(10)17-9-12/h1-9H,16H2. The van der Waals surface area contributed by atoms with E-state index in [1.165, 1.54) is 18.2 Å². The van der Waals surface area contributed by atoms with Crippen LogP contribution in [0, 0.1) is 10.1 Å².